The molecular formula is C12H15F3O. The van der Waals surface area contributed by atoms with E-state index in [1.807, 2.05) is 0 Å². The van der Waals surface area contributed by atoms with Crippen molar-refractivity contribution in [2.75, 3.05) is 0 Å². The predicted molar refractivity (Wildman–Crippen MR) is 53.8 cm³/mol. The van der Waals surface area contributed by atoms with Crippen LogP contribution < -0.4 is 0 Å². The summed E-state index contributed by atoms with van der Waals surface area (Å²) in [6, 6.07) is 0. The second-order valence-electron chi connectivity index (χ2n) is 5.16. The molecule has 0 N–H and O–H groups in total. The molecule has 16 heavy (non-hydrogen) atoms. The summed E-state index contributed by atoms with van der Waals surface area (Å²) < 4.78 is 37.9. The van der Waals surface area contributed by atoms with Crippen LogP contribution in [0.4, 0.5) is 13.2 Å². The van der Waals surface area contributed by atoms with Crippen LogP contribution in [0.3, 0.4) is 0 Å². The van der Waals surface area contributed by atoms with Crippen LogP contribution in [-0.2, 0) is 4.79 Å². The molecule has 2 aliphatic rings. The maximum Gasteiger partial charge on any atom is 0.450 e. The second kappa shape index (κ2) is 3.34. The highest BCUT2D eigenvalue weighted by Gasteiger charge is 2.62. The molecule has 0 aromatic heterocycles. The average molecular weight is 232 g/mol. The van der Waals surface area contributed by atoms with Gasteiger partial charge in [-0.1, -0.05) is 18.6 Å². The molecule has 90 valence electrons. The molecule has 2 aliphatic carbocycles. The lowest BCUT2D eigenvalue weighted by Crippen LogP contribution is -2.45. The monoisotopic (exact) mass is 232 g/mol. The maximum absolute atomic E-state index is 12.6. The fraction of sp³-hybridized carbons (Fsp3) is 0.750. The third kappa shape index (κ3) is 1.42. The molecule has 3 atom stereocenters. The molecule has 2 saturated carbocycles. The first-order chi connectivity index (χ1) is 7.28. The third-order valence-corrected chi connectivity index (χ3v) is 4.27. The van der Waals surface area contributed by atoms with E-state index >= 15 is 0 Å². The van der Waals surface area contributed by atoms with Crippen LogP contribution in [0.1, 0.15) is 32.6 Å². The number of alkyl halides is 3. The van der Waals surface area contributed by atoms with Crippen molar-refractivity contribution in [2.24, 2.45) is 17.3 Å². The van der Waals surface area contributed by atoms with Gasteiger partial charge in [-0.2, -0.15) is 13.2 Å². The Labute approximate surface area is 92.7 Å². The quantitative estimate of drug-likeness (QED) is 0.666. The molecule has 2 fully saturated rings. The van der Waals surface area contributed by atoms with Gasteiger partial charge in [-0.15, -0.1) is 0 Å². The molecule has 1 nitrogen and oxygen atoms in total. The molecular weight excluding hydrogens is 217 g/mol. The first-order valence-corrected chi connectivity index (χ1v) is 5.56. The number of carbonyl (C=O) groups is 1. The van der Waals surface area contributed by atoms with Gasteiger partial charge >= 0.3 is 6.18 Å². The fourth-order valence-corrected chi connectivity index (χ4v) is 3.58. The number of ketones is 1. The topological polar surface area (TPSA) is 17.1 Å². The lowest BCUT2D eigenvalue weighted by molar-refractivity contribution is -0.182. The summed E-state index contributed by atoms with van der Waals surface area (Å²) in [5, 5.41) is 0. The third-order valence-electron chi connectivity index (χ3n) is 4.27. The van der Waals surface area contributed by atoms with Gasteiger partial charge in [0, 0.05) is 0 Å². The summed E-state index contributed by atoms with van der Waals surface area (Å²) in [6.45, 7) is 5.20. The highest BCUT2D eigenvalue weighted by Crippen LogP contribution is 2.60. The van der Waals surface area contributed by atoms with Gasteiger partial charge in [0.25, 0.3) is 0 Å². The molecule has 0 spiro atoms. The van der Waals surface area contributed by atoms with Crippen LogP contribution >= 0.6 is 0 Å². The molecule has 0 aromatic carbocycles. The minimum atomic E-state index is -4.73. The maximum atomic E-state index is 12.6. The van der Waals surface area contributed by atoms with Crippen molar-refractivity contribution in [3.05, 3.63) is 12.2 Å². The number of carbonyl (C=O) groups excluding carboxylic acids is 1. The van der Waals surface area contributed by atoms with Crippen molar-refractivity contribution < 1.29 is 18.0 Å². The van der Waals surface area contributed by atoms with Gasteiger partial charge in [0.05, 0.1) is 5.41 Å². The van der Waals surface area contributed by atoms with E-state index in [4.69, 9.17) is 0 Å². The summed E-state index contributed by atoms with van der Waals surface area (Å²) in [6.07, 6.45) is -1.92. The van der Waals surface area contributed by atoms with E-state index in [0.717, 1.165) is 19.3 Å². The lowest BCUT2D eigenvalue weighted by Gasteiger charge is -2.37. The largest absolute Gasteiger partial charge is 0.450 e. The Balaban J connectivity index is 2.39. The number of fused-ring (bicyclic) bond motifs is 2. The standard InChI is InChI=1S/C12H15F3O/c1-7(2)11(10(16)12(13,14)15)6-8-3-4-9(11)5-8/h8-9H,1,3-6H2,2H3. The van der Waals surface area contributed by atoms with Crippen molar-refractivity contribution in [2.45, 2.75) is 38.8 Å². The number of allylic oxidation sites excluding steroid dienone is 1. The van der Waals surface area contributed by atoms with Crippen LogP contribution in [0.5, 0.6) is 0 Å². The van der Waals surface area contributed by atoms with E-state index in [2.05, 4.69) is 6.58 Å². The highest BCUT2D eigenvalue weighted by molar-refractivity contribution is 5.93. The molecule has 3 unspecified atom stereocenters. The van der Waals surface area contributed by atoms with E-state index in [9.17, 15) is 18.0 Å². The van der Waals surface area contributed by atoms with Crippen LogP contribution in [0, 0.1) is 17.3 Å². The smallest absolute Gasteiger partial charge is 0.289 e. The minimum absolute atomic E-state index is 0.135. The molecule has 0 amide bonds. The molecule has 2 rings (SSSR count). The van der Waals surface area contributed by atoms with Gasteiger partial charge in [0.1, 0.15) is 0 Å². The Hall–Kier alpha value is -0.800. The van der Waals surface area contributed by atoms with E-state index in [0.29, 0.717) is 12.0 Å². The molecule has 0 saturated heterocycles. The normalized spacial score (nSPS) is 37.8. The Morgan fingerprint density at radius 3 is 2.31 bits per heavy atom. The number of hydrogen-bond donors (Lipinski definition) is 0. The molecule has 4 heteroatoms. The van der Waals surface area contributed by atoms with Crippen LogP contribution in [0.25, 0.3) is 0 Å². The van der Waals surface area contributed by atoms with Gasteiger partial charge in [-0.3, -0.25) is 4.79 Å². The Bertz CT molecular complexity index is 345. The number of halogens is 3. The van der Waals surface area contributed by atoms with Crippen LogP contribution in [0.15, 0.2) is 12.2 Å². The molecule has 0 aliphatic heterocycles. The predicted octanol–water partition coefficient (Wildman–Crippen LogP) is 3.50. The molecule has 2 bridgehead atoms. The van der Waals surface area contributed by atoms with Gasteiger partial charge in [0.2, 0.25) is 5.78 Å². The zero-order chi connectivity index (χ0) is 12.1. The molecule has 0 heterocycles. The summed E-state index contributed by atoms with van der Waals surface area (Å²) in [5.74, 6) is -1.42. The van der Waals surface area contributed by atoms with Crippen molar-refractivity contribution in [3.8, 4) is 0 Å². The molecule has 0 aromatic rings. The van der Waals surface area contributed by atoms with Gasteiger partial charge < -0.3 is 0 Å². The van der Waals surface area contributed by atoms with Crippen molar-refractivity contribution in [1.29, 1.82) is 0 Å². The number of hydrogen-bond acceptors (Lipinski definition) is 1. The Morgan fingerprint density at radius 1 is 1.38 bits per heavy atom. The zero-order valence-corrected chi connectivity index (χ0v) is 9.23. The Kier molecular flexibility index (Phi) is 2.44. The first kappa shape index (κ1) is 11.7. The van der Waals surface area contributed by atoms with Crippen molar-refractivity contribution in [1.82, 2.24) is 0 Å². The summed E-state index contributed by atoms with van der Waals surface area (Å²) in [5.41, 5.74) is -0.914. The van der Waals surface area contributed by atoms with E-state index < -0.39 is 17.4 Å². The summed E-state index contributed by atoms with van der Waals surface area (Å²) >= 11 is 0. The van der Waals surface area contributed by atoms with Crippen molar-refractivity contribution in [3.63, 3.8) is 0 Å². The fourth-order valence-electron chi connectivity index (χ4n) is 3.58. The highest BCUT2D eigenvalue weighted by atomic mass is 19.4. The number of Topliss-reactive ketones (excluding diaryl/α,β-unsaturated/α-hetero) is 1. The van der Waals surface area contributed by atoms with Crippen LogP contribution in [0.2, 0.25) is 0 Å². The number of rotatable bonds is 2. The van der Waals surface area contributed by atoms with Gasteiger partial charge in [-0.05, 0) is 38.0 Å². The summed E-state index contributed by atoms with van der Waals surface area (Å²) in [4.78, 5) is 11.6. The van der Waals surface area contributed by atoms with Gasteiger partial charge in [-0.25, -0.2) is 0 Å². The van der Waals surface area contributed by atoms with E-state index in [1.165, 1.54) is 0 Å². The van der Waals surface area contributed by atoms with Gasteiger partial charge in [0.15, 0.2) is 0 Å². The Morgan fingerprint density at radius 2 is 2.00 bits per heavy atom. The van der Waals surface area contributed by atoms with E-state index in [-0.39, 0.29) is 11.8 Å². The second-order valence-corrected chi connectivity index (χ2v) is 5.16. The molecule has 0 radical (unpaired) electrons. The average Bonchev–Trinajstić information content (AvgIpc) is 2.74. The first-order valence-electron chi connectivity index (χ1n) is 5.56. The van der Waals surface area contributed by atoms with E-state index in [1.54, 1.807) is 6.92 Å². The van der Waals surface area contributed by atoms with Crippen molar-refractivity contribution >= 4 is 5.78 Å². The lowest BCUT2D eigenvalue weighted by atomic mass is 9.66. The van der Waals surface area contributed by atoms with Crippen LogP contribution in [-0.4, -0.2) is 12.0 Å². The summed E-state index contributed by atoms with van der Waals surface area (Å²) in [7, 11) is 0. The SMILES string of the molecule is C=C(C)C1(C(=O)C(F)(F)F)CC2CCC1C2. The minimum Gasteiger partial charge on any atom is -0.289 e. The zero-order valence-electron chi connectivity index (χ0n) is 9.23.